The molecule has 2 aromatic rings. The molecular formula is C10H7NO5S. The molecule has 1 saturated heterocycles. The van der Waals surface area contributed by atoms with Crippen LogP contribution in [0.5, 0.6) is 0 Å². The van der Waals surface area contributed by atoms with Crippen molar-refractivity contribution in [2.24, 2.45) is 0 Å². The molecule has 1 aliphatic heterocycles. The molecule has 0 atom stereocenters. The second-order valence-electron chi connectivity index (χ2n) is 3.56. The third-order valence-corrected chi connectivity index (χ3v) is 3.21. The lowest BCUT2D eigenvalue weighted by Gasteiger charge is -2.06. The summed E-state index contributed by atoms with van der Waals surface area (Å²) in [6.45, 7) is 1.25. The summed E-state index contributed by atoms with van der Waals surface area (Å²) >= 11 is 1.24. The van der Waals surface area contributed by atoms with E-state index in [2.05, 4.69) is 4.37 Å². The van der Waals surface area contributed by atoms with Gasteiger partial charge in [-0.05, 0) is 18.2 Å². The Morgan fingerprint density at radius 3 is 2.88 bits per heavy atom. The van der Waals surface area contributed by atoms with Crippen LogP contribution in [0.2, 0.25) is 0 Å². The van der Waals surface area contributed by atoms with Gasteiger partial charge in [0, 0.05) is 6.92 Å². The van der Waals surface area contributed by atoms with Gasteiger partial charge in [-0.15, -0.1) is 9.78 Å². The zero-order chi connectivity index (χ0) is 12.0. The van der Waals surface area contributed by atoms with Gasteiger partial charge in [0.2, 0.25) is 0 Å². The Morgan fingerprint density at radius 1 is 1.47 bits per heavy atom. The second kappa shape index (κ2) is 3.39. The average Bonchev–Trinajstić information content (AvgIpc) is 2.97. The Bertz CT molecular complexity index is 654. The number of carbonyl (C=O) groups is 1. The highest BCUT2D eigenvalue weighted by molar-refractivity contribution is 7.13. The van der Waals surface area contributed by atoms with Crippen LogP contribution in [0.15, 0.2) is 23.0 Å². The van der Waals surface area contributed by atoms with E-state index in [0.29, 0.717) is 10.9 Å². The topological polar surface area (TPSA) is 84.2 Å². The van der Waals surface area contributed by atoms with Crippen molar-refractivity contribution in [2.75, 3.05) is 0 Å². The maximum atomic E-state index is 11.5. The van der Waals surface area contributed by atoms with Gasteiger partial charge in [0.25, 0.3) is 5.56 Å². The van der Waals surface area contributed by atoms with Crippen LogP contribution in [-0.4, -0.2) is 10.3 Å². The highest BCUT2D eigenvalue weighted by atomic mass is 32.1. The molecule has 0 amide bonds. The fourth-order valence-corrected chi connectivity index (χ4v) is 2.27. The number of fused-ring (bicyclic) bond motifs is 1. The van der Waals surface area contributed by atoms with Gasteiger partial charge in [-0.1, -0.05) is 11.5 Å². The lowest BCUT2D eigenvalue weighted by molar-refractivity contribution is -0.160. The third kappa shape index (κ3) is 1.64. The standard InChI is InChI=1S/C10H7NO5S/c1-5(12)14-10(15-16-10)6-2-3-8-7(4-6)9(13)11-17-8/h2-4H,1H3,(H,11,13). The van der Waals surface area contributed by atoms with Gasteiger partial charge < -0.3 is 4.74 Å². The summed E-state index contributed by atoms with van der Waals surface area (Å²) in [6, 6.07) is 5.01. The molecule has 0 saturated carbocycles. The summed E-state index contributed by atoms with van der Waals surface area (Å²) in [5, 5.41) is 0.512. The van der Waals surface area contributed by atoms with Crippen LogP contribution in [0.4, 0.5) is 0 Å². The van der Waals surface area contributed by atoms with Crippen molar-refractivity contribution in [2.45, 2.75) is 12.9 Å². The number of nitrogens with one attached hydrogen (secondary N) is 1. The number of esters is 1. The van der Waals surface area contributed by atoms with E-state index >= 15 is 0 Å². The minimum Gasteiger partial charge on any atom is -0.401 e. The van der Waals surface area contributed by atoms with Crippen LogP contribution in [0.3, 0.4) is 0 Å². The Labute approximate surface area is 98.8 Å². The van der Waals surface area contributed by atoms with Crippen molar-refractivity contribution in [3.05, 3.63) is 34.1 Å². The highest BCUT2D eigenvalue weighted by Crippen LogP contribution is 2.42. The van der Waals surface area contributed by atoms with Crippen molar-refractivity contribution in [3.8, 4) is 0 Å². The predicted molar refractivity (Wildman–Crippen MR) is 58.1 cm³/mol. The molecular weight excluding hydrogens is 246 g/mol. The minimum absolute atomic E-state index is 0.189. The minimum atomic E-state index is -1.48. The summed E-state index contributed by atoms with van der Waals surface area (Å²) in [5.74, 6) is -2.00. The van der Waals surface area contributed by atoms with E-state index < -0.39 is 11.9 Å². The summed E-state index contributed by atoms with van der Waals surface area (Å²) in [5.41, 5.74) is 0.287. The number of carbonyl (C=O) groups excluding carboxylic acids is 1. The number of H-pyrrole nitrogens is 1. The fourth-order valence-electron chi connectivity index (χ4n) is 1.56. The Kier molecular flexibility index (Phi) is 2.09. The monoisotopic (exact) mass is 253 g/mol. The summed E-state index contributed by atoms with van der Waals surface area (Å²) in [6.07, 6.45) is 0. The molecule has 88 valence electrons. The van der Waals surface area contributed by atoms with E-state index in [-0.39, 0.29) is 5.56 Å². The summed E-state index contributed by atoms with van der Waals surface area (Å²) in [7, 11) is 0. The van der Waals surface area contributed by atoms with E-state index in [1.165, 1.54) is 18.5 Å². The first-order valence-electron chi connectivity index (χ1n) is 4.79. The molecule has 1 aromatic heterocycles. The van der Waals surface area contributed by atoms with Crippen LogP contribution in [0.1, 0.15) is 12.5 Å². The first kappa shape index (κ1) is 10.5. The number of aromatic nitrogens is 1. The van der Waals surface area contributed by atoms with E-state index in [1.807, 2.05) is 0 Å². The van der Waals surface area contributed by atoms with Gasteiger partial charge in [-0.3, -0.25) is 14.0 Å². The first-order valence-corrected chi connectivity index (χ1v) is 5.60. The Hall–Kier alpha value is -1.70. The van der Waals surface area contributed by atoms with Crippen LogP contribution in [0, 0.1) is 0 Å². The highest BCUT2D eigenvalue weighted by Gasteiger charge is 2.55. The molecule has 7 heteroatoms. The molecule has 0 unspecified atom stereocenters. The average molecular weight is 253 g/mol. The molecule has 0 bridgehead atoms. The zero-order valence-corrected chi connectivity index (χ0v) is 9.50. The lowest BCUT2D eigenvalue weighted by Crippen LogP contribution is -2.16. The van der Waals surface area contributed by atoms with Crippen LogP contribution in [-0.2, 0) is 25.3 Å². The maximum absolute atomic E-state index is 11.5. The van der Waals surface area contributed by atoms with Gasteiger partial charge in [0.1, 0.15) is 0 Å². The van der Waals surface area contributed by atoms with E-state index in [9.17, 15) is 9.59 Å². The predicted octanol–water partition coefficient (Wildman–Crippen LogP) is 1.22. The summed E-state index contributed by atoms with van der Waals surface area (Å²) < 4.78 is 8.34. The number of rotatable bonds is 2. The van der Waals surface area contributed by atoms with Crippen LogP contribution in [0.25, 0.3) is 10.1 Å². The smallest absolute Gasteiger partial charge is 0.401 e. The van der Waals surface area contributed by atoms with Gasteiger partial charge in [-0.25, -0.2) is 0 Å². The molecule has 0 aliphatic carbocycles. The summed E-state index contributed by atoms with van der Waals surface area (Å²) in [4.78, 5) is 31.8. The van der Waals surface area contributed by atoms with Crippen LogP contribution >= 0.6 is 11.5 Å². The van der Waals surface area contributed by atoms with E-state index in [0.717, 1.165) is 4.70 Å². The maximum Gasteiger partial charge on any atom is 0.412 e. The Balaban J connectivity index is 2.09. The Morgan fingerprint density at radius 2 is 2.24 bits per heavy atom. The number of ether oxygens (including phenoxy) is 1. The molecule has 2 heterocycles. The molecule has 1 aromatic carbocycles. The quantitative estimate of drug-likeness (QED) is 0.494. The molecule has 1 fully saturated rings. The number of hydrogen-bond donors (Lipinski definition) is 1. The normalized spacial score (nSPS) is 17.0. The molecule has 1 N–H and O–H groups in total. The third-order valence-electron chi connectivity index (χ3n) is 2.34. The largest absolute Gasteiger partial charge is 0.412 e. The van der Waals surface area contributed by atoms with Crippen molar-refractivity contribution in [1.82, 2.24) is 4.37 Å². The number of benzene rings is 1. The van der Waals surface area contributed by atoms with Crippen molar-refractivity contribution >= 4 is 27.6 Å². The molecule has 0 radical (unpaired) electrons. The number of hydrogen-bond acceptors (Lipinski definition) is 6. The lowest BCUT2D eigenvalue weighted by atomic mass is 10.1. The van der Waals surface area contributed by atoms with Crippen molar-refractivity contribution in [1.29, 1.82) is 0 Å². The number of aromatic amines is 1. The van der Waals surface area contributed by atoms with Gasteiger partial charge >= 0.3 is 11.9 Å². The SMILES string of the molecule is CC(=O)OC1(c2ccc3s[nH]c(=O)c3c2)OO1. The molecule has 17 heavy (non-hydrogen) atoms. The van der Waals surface area contributed by atoms with Crippen molar-refractivity contribution in [3.63, 3.8) is 0 Å². The first-order chi connectivity index (χ1) is 8.11. The van der Waals surface area contributed by atoms with Crippen molar-refractivity contribution < 1.29 is 19.3 Å². The van der Waals surface area contributed by atoms with Gasteiger partial charge in [0.05, 0.1) is 15.6 Å². The van der Waals surface area contributed by atoms with Gasteiger partial charge in [0.15, 0.2) is 0 Å². The van der Waals surface area contributed by atoms with Crippen LogP contribution < -0.4 is 5.56 Å². The van der Waals surface area contributed by atoms with E-state index in [1.54, 1.807) is 18.2 Å². The molecule has 1 aliphatic rings. The zero-order valence-electron chi connectivity index (χ0n) is 8.68. The second-order valence-corrected chi connectivity index (χ2v) is 4.41. The van der Waals surface area contributed by atoms with E-state index in [4.69, 9.17) is 14.5 Å². The molecule has 0 spiro atoms. The molecule has 6 nitrogen and oxygen atoms in total. The van der Waals surface area contributed by atoms with Gasteiger partial charge in [-0.2, -0.15) is 0 Å². The molecule has 3 rings (SSSR count). The fraction of sp³-hybridized carbons (Fsp3) is 0.200.